The first-order chi connectivity index (χ1) is 13.6. The zero-order valence-electron chi connectivity index (χ0n) is 15.9. The third kappa shape index (κ3) is 3.73. The molecule has 0 fully saturated rings. The van der Waals surface area contributed by atoms with E-state index >= 15 is 0 Å². The molecule has 1 N–H and O–H groups in total. The van der Waals surface area contributed by atoms with Crippen LogP contribution in [0.2, 0.25) is 0 Å². The van der Waals surface area contributed by atoms with Crippen molar-refractivity contribution in [1.82, 2.24) is 5.32 Å². The van der Waals surface area contributed by atoms with Crippen LogP contribution in [0.1, 0.15) is 16.7 Å². The molecule has 0 amide bonds. The highest BCUT2D eigenvalue weighted by molar-refractivity contribution is 9.09. The maximum Gasteiger partial charge on any atom is 0.117 e. The van der Waals surface area contributed by atoms with Crippen molar-refractivity contribution in [2.45, 2.75) is 18.8 Å². The second kappa shape index (κ2) is 8.03. The van der Waals surface area contributed by atoms with Gasteiger partial charge in [-0.3, -0.25) is 4.99 Å². The standard InChI is InChI=1S/C24H22BrN3/c1-17-7-3-5-9-22(17)28(23-10-6-4-8-18(23)2)20-13-11-19(12-14-20)21-15-27-24(25)16-26-21/h3-16,24,27H,1-2H3. The van der Waals surface area contributed by atoms with Gasteiger partial charge in [0.05, 0.1) is 5.70 Å². The number of nitrogens with zero attached hydrogens (tertiary/aromatic N) is 2. The van der Waals surface area contributed by atoms with Crippen molar-refractivity contribution in [3.63, 3.8) is 0 Å². The topological polar surface area (TPSA) is 27.6 Å². The lowest BCUT2D eigenvalue weighted by Crippen LogP contribution is -2.21. The molecule has 1 atom stereocenters. The summed E-state index contributed by atoms with van der Waals surface area (Å²) in [4.78, 5) is 6.92. The summed E-state index contributed by atoms with van der Waals surface area (Å²) in [6, 6.07) is 25.5. The van der Waals surface area contributed by atoms with E-state index in [9.17, 15) is 0 Å². The Balaban J connectivity index is 1.77. The Hall–Kier alpha value is -2.85. The number of hydrogen-bond acceptors (Lipinski definition) is 3. The van der Waals surface area contributed by atoms with E-state index < -0.39 is 0 Å². The molecule has 0 bridgehead atoms. The molecule has 28 heavy (non-hydrogen) atoms. The second-order valence-electron chi connectivity index (χ2n) is 6.83. The highest BCUT2D eigenvalue weighted by Crippen LogP contribution is 2.38. The number of rotatable bonds is 4. The number of aryl methyl sites for hydroxylation is 2. The van der Waals surface area contributed by atoms with E-state index in [0.717, 1.165) is 16.9 Å². The van der Waals surface area contributed by atoms with Crippen molar-refractivity contribution < 1.29 is 0 Å². The number of benzene rings is 3. The summed E-state index contributed by atoms with van der Waals surface area (Å²) in [6.45, 7) is 4.30. The second-order valence-corrected chi connectivity index (χ2v) is 7.82. The summed E-state index contributed by atoms with van der Waals surface area (Å²) in [6.07, 6.45) is 3.80. The first-order valence-electron chi connectivity index (χ1n) is 9.30. The van der Waals surface area contributed by atoms with E-state index in [1.165, 1.54) is 22.5 Å². The lowest BCUT2D eigenvalue weighted by molar-refractivity contribution is 0.971. The molecule has 1 unspecified atom stereocenters. The van der Waals surface area contributed by atoms with Crippen molar-refractivity contribution in [2.75, 3.05) is 4.90 Å². The maximum atomic E-state index is 4.51. The molecule has 1 aliphatic heterocycles. The maximum absolute atomic E-state index is 4.51. The average molecular weight is 432 g/mol. The van der Waals surface area contributed by atoms with Gasteiger partial charge in [-0.25, -0.2) is 0 Å². The van der Waals surface area contributed by atoms with E-state index in [0.29, 0.717) is 0 Å². The number of aliphatic imine (C=N–C) groups is 1. The minimum atomic E-state index is 0.0909. The third-order valence-corrected chi connectivity index (χ3v) is 5.36. The Morgan fingerprint density at radius 2 is 1.39 bits per heavy atom. The highest BCUT2D eigenvalue weighted by Gasteiger charge is 2.16. The minimum absolute atomic E-state index is 0.0909. The molecule has 140 valence electrons. The Morgan fingerprint density at radius 1 is 0.821 bits per heavy atom. The number of alkyl halides is 1. The lowest BCUT2D eigenvalue weighted by atomic mass is 10.1. The molecular weight excluding hydrogens is 410 g/mol. The van der Waals surface area contributed by atoms with Crippen molar-refractivity contribution >= 4 is 44.9 Å². The van der Waals surface area contributed by atoms with Crippen molar-refractivity contribution in [1.29, 1.82) is 0 Å². The van der Waals surface area contributed by atoms with Gasteiger partial charge in [0.25, 0.3) is 0 Å². The van der Waals surface area contributed by atoms with Gasteiger partial charge in [0, 0.05) is 35.0 Å². The van der Waals surface area contributed by atoms with Crippen LogP contribution in [0.5, 0.6) is 0 Å². The molecule has 0 aliphatic carbocycles. The summed E-state index contributed by atoms with van der Waals surface area (Å²) >= 11 is 3.47. The number of halogens is 1. The number of anilines is 3. The summed E-state index contributed by atoms with van der Waals surface area (Å²) in [5, 5.41) is 3.23. The molecule has 0 saturated carbocycles. The van der Waals surface area contributed by atoms with Gasteiger partial charge in [-0.15, -0.1) is 0 Å². The quantitative estimate of drug-likeness (QED) is 0.378. The molecule has 3 aromatic carbocycles. The van der Waals surface area contributed by atoms with Crippen LogP contribution in [0.4, 0.5) is 17.1 Å². The van der Waals surface area contributed by atoms with Gasteiger partial charge in [-0.1, -0.05) is 64.5 Å². The fourth-order valence-electron chi connectivity index (χ4n) is 3.36. The molecule has 0 radical (unpaired) electrons. The van der Waals surface area contributed by atoms with Crippen LogP contribution in [0.25, 0.3) is 5.70 Å². The highest BCUT2D eigenvalue weighted by atomic mass is 79.9. The van der Waals surface area contributed by atoms with Gasteiger partial charge in [-0.05, 0) is 49.2 Å². The van der Waals surface area contributed by atoms with E-state index in [-0.39, 0.29) is 4.95 Å². The Kier molecular flexibility index (Phi) is 5.31. The Morgan fingerprint density at radius 3 is 1.89 bits per heavy atom. The van der Waals surface area contributed by atoms with Crippen LogP contribution in [0.15, 0.2) is 84.0 Å². The van der Waals surface area contributed by atoms with Crippen LogP contribution in [0, 0.1) is 13.8 Å². The number of para-hydroxylation sites is 2. The SMILES string of the molecule is Cc1ccccc1N(c1ccc(C2=CNC(Br)C=N2)cc1)c1ccccc1C. The van der Waals surface area contributed by atoms with E-state index in [2.05, 4.69) is 118 Å². The predicted molar refractivity (Wildman–Crippen MR) is 123 cm³/mol. The lowest BCUT2D eigenvalue weighted by Gasteiger charge is -2.28. The number of hydrogen-bond donors (Lipinski definition) is 1. The third-order valence-electron chi connectivity index (χ3n) is 4.86. The summed E-state index contributed by atoms with van der Waals surface area (Å²) in [5.41, 5.74) is 7.98. The van der Waals surface area contributed by atoms with E-state index in [4.69, 9.17) is 0 Å². The summed E-state index contributed by atoms with van der Waals surface area (Å²) in [5.74, 6) is 0. The first kappa shape index (κ1) is 18.5. The van der Waals surface area contributed by atoms with Crippen LogP contribution in [-0.4, -0.2) is 11.2 Å². The fourth-order valence-corrected chi connectivity index (χ4v) is 3.61. The average Bonchev–Trinajstić information content (AvgIpc) is 2.72. The molecule has 0 saturated heterocycles. The first-order valence-corrected chi connectivity index (χ1v) is 10.2. The minimum Gasteiger partial charge on any atom is -0.372 e. The Bertz CT molecular complexity index is 992. The molecule has 4 heteroatoms. The van der Waals surface area contributed by atoms with Crippen molar-refractivity contribution in [3.8, 4) is 0 Å². The normalized spacial score (nSPS) is 15.7. The zero-order chi connectivity index (χ0) is 19.5. The molecule has 0 aromatic heterocycles. The van der Waals surface area contributed by atoms with Crippen molar-refractivity contribution in [2.24, 2.45) is 4.99 Å². The van der Waals surface area contributed by atoms with Gasteiger partial charge in [0.15, 0.2) is 0 Å². The van der Waals surface area contributed by atoms with Gasteiger partial charge < -0.3 is 10.2 Å². The largest absolute Gasteiger partial charge is 0.372 e. The van der Waals surface area contributed by atoms with E-state index in [1.807, 2.05) is 12.4 Å². The predicted octanol–water partition coefficient (Wildman–Crippen LogP) is 6.47. The fraction of sp³-hybridized carbons (Fsp3) is 0.125. The molecule has 3 nitrogen and oxygen atoms in total. The van der Waals surface area contributed by atoms with Crippen molar-refractivity contribution in [3.05, 3.63) is 95.7 Å². The molecule has 0 spiro atoms. The molecular formula is C24H22BrN3. The van der Waals surface area contributed by atoms with Crippen LogP contribution in [-0.2, 0) is 0 Å². The van der Waals surface area contributed by atoms with Gasteiger partial charge in [-0.2, -0.15) is 0 Å². The van der Waals surface area contributed by atoms with Gasteiger partial charge >= 0.3 is 0 Å². The molecule has 3 aromatic rings. The Labute approximate surface area is 174 Å². The summed E-state index contributed by atoms with van der Waals surface area (Å²) in [7, 11) is 0. The van der Waals surface area contributed by atoms with E-state index in [1.54, 1.807) is 0 Å². The zero-order valence-corrected chi connectivity index (χ0v) is 17.5. The summed E-state index contributed by atoms with van der Waals surface area (Å²) < 4.78 is 0. The van der Waals surface area contributed by atoms with Crippen LogP contribution < -0.4 is 10.2 Å². The van der Waals surface area contributed by atoms with Gasteiger partial charge in [0.1, 0.15) is 4.95 Å². The van der Waals surface area contributed by atoms with Crippen LogP contribution in [0.3, 0.4) is 0 Å². The molecule has 4 rings (SSSR count). The van der Waals surface area contributed by atoms with Crippen LogP contribution >= 0.6 is 15.9 Å². The smallest absolute Gasteiger partial charge is 0.117 e. The number of nitrogens with one attached hydrogen (secondary N) is 1. The molecule has 1 heterocycles. The van der Waals surface area contributed by atoms with Gasteiger partial charge in [0.2, 0.25) is 0 Å². The molecule has 1 aliphatic rings. The monoisotopic (exact) mass is 431 g/mol.